The summed E-state index contributed by atoms with van der Waals surface area (Å²) < 4.78 is 4.98. The van der Waals surface area contributed by atoms with E-state index < -0.39 is 0 Å². The topological polar surface area (TPSA) is 21.3 Å². The predicted octanol–water partition coefficient (Wildman–Crippen LogP) is 2.07. The fourth-order valence-electron chi connectivity index (χ4n) is 1.75. The maximum atomic E-state index is 4.98. The van der Waals surface area contributed by atoms with Gasteiger partial charge in [-0.25, -0.2) is 0 Å². The van der Waals surface area contributed by atoms with Gasteiger partial charge in [0.2, 0.25) is 0 Å². The van der Waals surface area contributed by atoms with E-state index in [0.29, 0.717) is 12.6 Å². The average molecular weight is 169 g/mol. The molecule has 0 saturated heterocycles. The van der Waals surface area contributed by atoms with Crippen LogP contribution in [-0.2, 0) is 4.74 Å². The van der Waals surface area contributed by atoms with E-state index in [-0.39, 0.29) is 0 Å². The second kappa shape index (κ2) is 5.20. The lowest BCUT2D eigenvalue weighted by Crippen LogP contribution is -2.31. The highest BCUT2D eigenvalue weighted by atomic mass is 16.5. The van der Waals surface area contributed by atoms with E-state index in [1.165, 1.54) is 32.1 Å². The molecule has 0 aromatic rings. The molecule has 1 aliphatic carbocycles. The summed E-state index contributed by atoms with van der Waals surface area (Å²) in [7, 11) is 1.70. The zero-order valence-electron chi connectivity index (χ0n) is 7.94. The molecule has 12 heavy (non-hydrogen) atoms. The Kier molecular flexibility index (Phi) is 4.15. The number of nitrogens with one attached hydrogen (secondary N) is 1. The Morgan fingerprint density at radius 1 is 1.42 bits per heavy atom. The van der Waals surface area contributed by atoms with Crippen LogP contribution >= 0.6 is 0 Å². The molecule has 0 unspecified atom stereocenters. The molecule has 0 bridgehead atoms. The van der Waals surface area contributed by atoms with Gasteiger partial charge < -0.3 is 10.1 Å². The van der Waals surface area contributed by atoms with Crippen LogP contribution in [0.3, 0.4) is 0 Å². The largest absolute Gasteiger partial charge is 0.384 e. The molecule has 0 spiro atoms. The molecular formula is C10H19NO. The third kappa shape index (κ3) is 3.26. The van der Waals surface area contributed by atoms with E-state index in [1.54, 1.807) is 7.11 Å². The Hall–Kier alpha value is -0.500. The zero-order chi connectivity index (χ0) is 8.81. The molecule has 0 amide bonds. The molecule has 1 aliphatic rings. The highest BCUT2D eigenvalue weighted by Gasteiger charge is 2.12. The van der Waals surface area contributed by atoms with Gasteiger partial charge in [0, 0.05) is 18.8 Å². The molecule has 1 fully saturated rings. The van der Waals surface area contributed by atoms with Gasteiger partial charge in [-0.15, -0.1) is 0 Å². The normalized spacial score (nSPS) is 19.1. The molecule has 1 saturated carbocycles. The standard InChI is InChI=1S/C10H19NO/c1-9(8-12-2)11-10-6-4-3-5-7-10/h10-11H,1,3-8H2,2H3. The van der Waals surface area contributed by atoms with Gasteiger partial charge >= 0.3 is 0 Å². The van der Waals surface area contributed by atoms with Crippen LogP contribution in [0.1, 0.15) is 32.1 Å². The fourth-order valence-corrected chi connectivity index (χ4v) is 1.75. The fraction of sp³-hybridized carbons (Fsp3) is 0.800. The number of ether oxygens (including phenoxy) is 1. The van der Waals surface area contributed by atoms with Crippen molar-refractivity contribution in [3.8, 4) is 0 Å². The smallest absolute Gasteiger partial charge is 0.0852 e. The summed E-state index contributed by atoms with van der Waals surface area (Å²) in [4.78, 5) is 0. The Bertz CT molecular complexity index is 139. The van der Waals surface area contributed by atoms with Crippen molar-refractivity contribution >= 4 is 0 Å². The molecule has 0 heterocycles. The summed E-state index contributed by atoms with van der Waals surface area (Å²) in [5.41, 5.74) is 1.02. The maximum Gasteiger partial charge on any atom is 0.0852 e. The SMILES string of the molecule is C=C(COC)NC1CCCCC1. The predicted molar refractivity (Wildman–Crippen MR) is 51.0 cm³/mol. The van der Waals surface area contributed by atoms with Crippen LogP contribution in [0, 0.1) is 0 Å². The van der Waals surface area contributed by atoms with Crippen LogP contribution in [0.25, 0.3) is 0 Å². The van der Waals surface area contributed by atoms with Gasteiger partial charge in [0.05, 0.1) is 6.61 Å². The molecule has 0 aromatic heterocycles. The monoisotopic (exact) mass is 169 g/mol. The minimum atomic E-state index is 0.635. The number of hydrogen-bond donors (Lipinski definition) is 1. The Balaban J connectivity index is 2.15. The third-order valence-corrected chi connectivity index (χ3v) is 2.33. The third-order valence-electron chi connectivity index (χ3n) is 2.33. The highest BCUT2D eigenvalue weighted by molar-refractivity contribution is 4.94. The van der Waals surface area contributed by atoms with Gasteiger partial charge in [-0.3, -0.25) is 0 Å². The minimum absolute atomic E-state index is 0.635. The molecule has 2 nitrogen and oxygen atoms in total. The van der Waals surface area contributed by atoms with Gasteiger partial charge in [-0.2, -0.15) is 0 Å². The van der Waals surface area contributed by atoms with Crippen LogP contribution in [0.5, 0.6) is 0 Å². The van der Waals surface area contributed by atoms with E-state index >= 15 is 0 Å². The van der Waals surface area contributed by atoms with Gasteiger partial charge in [0.1, 0.15) is 0 Å². The first-order chi connectivity index (χ1) is 5.83. The van der Waals surface area contributed by atoms with Crippen LogP contribution in [0.15, 0.2) is 12.3 Å². The Morgan fingerprint density at radius 2 is 2.08 bits per heavy atom. The summed E-state index contributed by atoms with van der Waals surface area (Å²) in [6, 6.07) is 0.654. The van der Waals surface area contributed by atoms with Crippen molar-refractivity contribution in [1.29, 1.82) is 0 Å². The summed E-state index contributed by atoms with van der Waals surface area (Å²) in [6.07, 6.45) is 6.70. The van der Waals surface area contributed by atoms with Crippen LogP contribution < -0.4 is 5.32 Å². The summed E-state index contributed by atoms with van der Waals surface area (Å²) >= 11 is 0. The van der Waals surface area contributed by atoms with E-state index in [9.17, 15) is 0 Å². The molecule has 0 radical (unpaired) electrons. The second-order valence-electron chi connectivity index (χ2n) is 3.52. The quantitative estimate of drug-likeness (QED) is 0.695. The van der Waals surface area contributed by atoms with Crippen LogP contribution in [0.4, 0.5) is 0 Å². The highest BCUT2D eigenvalue weighted by Crippen LogP contribution is 2.17. The van der Waals surface area contributed by atoms with E-state index in [2.05, 4.69) is 11.9 Å². The summed E-state index contributed by atoms with van der Waals surface area (Å²) in [5, 5.41) is 3.40. The molecule has 0 aliphatic heterocycles. The molecule has 1 N–H and O–H groups in total. The Morgan fingerprint density at radius 3 is 2.67 bits per heavy atom. The number of methoxy groups -OCH3 is 1. The molecule has 0 aromatic carbocycles. The molecule has 2 heteroatoms. The van der Waals surface area contributed by atoms with Crippen molar-refractivity contribution in [2.75, 3.05) is 13.7 Å². The van der Waals surface area contributed by atoms with E-state index in [0.717, 1.165) is 5.70 Å². The lowest BCUT2D eigenvalue weighted by atomic mass is 9.95. The van der Waals surface area contributed by atoms with Gasteiger partial charge in [-0.1, -0.05) is 25.8 Å². The van der Waals surface area contributed by atoms with E-state index in [1.807, 2.05) is 0 Å². The molecule has 0 atom stereocenters. The number of rotatable bonds is 4. The van der Waals surface area contributed by atoms with Crippen molar-refractivity contribution in [1.82, 2.24) is 5.32 Å². The van der Waals surface area contributed by atoms with Crippen molar-refractivity contribution in [3.05, 3.63) is 12.3 Å². The molecular weight excluding hydrogens is 150 g/mol. The van der Waals surface area contributed by atoms with Crippen molar-refractivity contribution < 1.29 is 4.74 Å². The lowest BCUT2D eigenvalue weighted by Gasteiger charge is -2.24. The second-order valence-corrected chi connectivity index (χ2v) is 3.52. The van der Waals surface area contributed by atoms with Gasteiger partial charge in [-0.05, 0) is 12.8 Å². The summed E-state index contributed by atoms with van der Waals surface area (Å²) in [6.45, 7) is 4.54. The lowest BCUT2D eigenvalue weighted by molar-refractivity contribution is 0.215. The van der Waals surface area contributed by atoms with Crippen LogP contribution in [-0.4, -0.2) is 19.8 Å². The zero-order valence-corrected chi connectivity index (χ0v) is 7.94. The first-order valence-electron chi connectivity index (χ1n) is 4.76. The van der Waals surface area contributed by atoms with Crippen LogP contribution in [0.2, 0.25) is 0 Å². The van der Waals surface area contributed by atoms with Gasteiger partial charge in [0.25, 0.3) is 0 Å². The molecule has 1 rings (SSSR count). The van der Waals surface area contributed by atoms with Crippen molar-refractivity contribution in [2.45, 2.75) is 38.1 Å². The molecule has 70 valence electrons. The van der Waals surface area contributed by atoms with Crippen molar-refractivity contribution in [2.24, 2.45) is 0 Å². The van der Waals surface area contributed by atoms with Gasteiger partial charge in [0.15, 0.2) is 0 Å². The average Bonchev–Trinajstić information content (AvgIpc) is 2.06. The first-order valence-corrected chi connectivity index (χ1v) is 4.76. The Labute approximate surface area is 75.0 Å². The van der Waals surface area contributed by atoms with Crippen molar-refractivity contribution in [3.63, 3.8) is 0 Å². The summed E-state index contributed by atoms with van der Waals surface area (Å²) in [5.74, 6) is 0. The van der Waals surface area contributed by atoms with E-state index in [4.69, 9.17) is 4.74 Å². The first kappa shape index (κ1) is 9.59. The minimum Gasteiger partial charge on any atom is -0.384 e. The maximum absolute atomic E-state index is 4.98. The number of hydrogen-bond acceptors (Lipinski definition) is 2.